The van der Waals surface area contributed by atoms with Crippen molar-refractivity contribution < 1.29 is 25.2 Å². The van der Waals surface area contributed by atoms with E-state index >= 15 is 0 Å². The Labute approximate surface area is 68.5 Å². The summed E-state index contributed by atoms with van der Waals surface area (Å²) in [6, 6.07) is -1.16. The molecule has 6 nitrogen and oxygen atoms in total. The molecule has 1 rings (SSSR count). The monoisotopic (exact) mass is 177 g/mol. The molecule has 0 aromatic carbocycles. The third-order valence-corrected chi connectivity index (χ3v) is 1.66. The number of ether oxygens (including phenoxy) is 1. The Hall–Kier alpha value is -0.820. The lowest BCUT2D eigenvalue weighted by atomic mass is 10.1. The van der Waals surface area contributed by atoms with Crippen LogP contribution in [0.1, 0.15) is 0 Å². The van der Waals surface area contributed by atoms with E-state index in [2.05, 4.69) is 4.74 Å². The van der Waals surface area contributed by atoms with Gasteiger partial charge in [-0.05, 0) is 0 Å². The summed E-state index contributed by atoms with van der Waals surface area (Å²) >= 11 is 0. The van der Waals surface area contributed by atoms with Crippen molar-refractivity contribution in [1.29, 1.82) is 0 Å². The highest BCUT2D eigenvalue weighted by molar-refractivity contribution is 5.14. The van der Waals surface area contributed by atoms with Crippen molar-refractivity contribution >= 4 is 0 Å². The van der Waals surface area contributed by atoms with E-state index in [1.165, 1.54) is 0 Å². The minimum Gasteiger partial charge on any atom is -0.507 e. The van der Waals surface area contributed by atoms with E-state index < -0.39 is 36.6 Å². The molecule has 6 N–H and O–H groups in total. The van der Waals surface area contributed by atoms with Crippen LogP contribution in [0.2, 0.25) is 0 Å². The number of aliphatic hydroxyl groups excluding tert-OH is 4. The van der Waals surface area contributed by atoms with E-state index in [0.29, 0.717) is 0 Å². The minimum absolute atomic E-state index is 0.528. The molecule has 2 unspecified atom stereocenters. The number of rotatable bonds is 1. The molecule has 1 heterocycles. The maximum absolute atomic E-state index is 9.08. The fourth-order valence-electron chi connectivity index (χ4n) is 0.918. The minimum atomic E-state index is -1.40. The van der Waals surface area contributed by atoms with Gasteiger partial charge in [-0.3, -0.25) is 0 Å². The molecular formula is C6H11NO5. The molecule has 0 fully saturated rings. The van der Waals surface area contributed by atoms with Crippen molar-refractivity contribution in [2.24, 2.45) is 5.73 Å². The van der Waals surface area contributed by atoms with Crippen LogP contribution in [-0.2, 0) is 4.74 Å². The van der Waals surface area contributed by atoms with E-state index in [9.17, 15) is 0 Å². The lowest BCUT2D eigenvalue weighted by Crippen LogP contribution is -2.47. The van der Waals surface area contributed by atoms with Crippen LogP contribution in [-0.4, -0.2) is 45.5 Å². The first-order chi connectivity index (χ1) is 5.57. The van der Waals surface area contributed by atoms with Gasteiger partial charge in [-0.15, -0.1) is 0 Å². The van der Waals surface area contributed by atoms with Crippen molar-refractivity contribution in [3.63, 3.8) is 0 Å². The van der Waals surface area contributed by atoms with Gasteiger partial charge in [-0.2, -0.15) is 0 Å². The van der Waals surface area contributed by atoms with Gasteiger partial charge in [0.05, 0.1) is 6.61 Å². The summed E-state index contributed by atoms with van der Waals surface area (Å²) in [5.74, 6) is -1.08. The van der Waals surface area contributed by atoms with Crippen LogP contribution in [0.15, 0.2) is 11.5 Å². The first-order valence-corrected chi connectivity index (χ1v) is 3.40. The third-order valence-electron chi connectivity index (χ3n) is 1.66. The second kappa shape index (κ2) is 3.28. The zero-order chi connectivity index (χ0) is 9.30. The maximum Gasteiger partial charge on any atom is 0.178 e. The summed E-state index contributed by atoms with van der Waals surface area (Å²) in [4.78, 5) is 0. The van der Waals surface area contributed by atoms with Crippen LogP contribution in [0.5, 0.6) is 0 Å². The summed E-state index contributed by atoms with van der Waals surface area (Å²) in [6.07, 6.45) is -2.50. The summed E-state index contributed by atoms with van der Waals surface area (Å²) in [6.45, 7) is -0.528. The highest BCUT2D eigenvalue weighted by atomic mass is 16.6. The van der Waals surface area contributed by atoms with Gasteiger partial charge in [0.2, 0.25) is 0 Å². The van der Waals surface area contributed by atoms with E-state index in [0.717, 1.165) is 0 Å². The van der Waals surface area contributed by atoms with Gasteiger partial charge in [0.25, 0.3) is 0 Å². The molecule has 1 aliphatic heterocycles. The van der Waals surface area contributed by atoms with Crippen LogP contribution in [0.25, 0.3) is 0 Å². The van der Waals surface area contributed by atoms with Crippen molar-refractivity contribution in [2.45, 2.75) is 18.4 Å². The first-order valence-electron chi connectivity index (χ1n) is 3.40. The molecule has 0 saturated heterocycles. The van der Waals surface area contributed by atoms with Crippen LogP contribution in [0.3, 0.4) is 0 Å². The van der Waals surface area contributed by atoms with E-state index in [4.69, 9.17) is 26.2 Å². The molecule has 3 atom stereocenters. The summed E-state index contributed by atoms with van der Waals surface area (Å²) in [5, 5.41) is 35.8. The topological polar surface area (TPSA) is 116 Å². The van der Waals surface area contributed by atoms with Crippen molar-refractivity contribution in [1.82, 2.24) is 0 Å². The van der Waals surface area contributed by atoms with Crippen LogP contribution < -0.4 is 5.73 Å². The standard InChI is InChI=1S/C6H11NO5/c7-3-5(10)4(9)2(1-8)12-6(3)11/h2-3,6,8-11H,1,7H2/t2?,3?,6-/m0/s1. The van der Waals surface area contributed by atoms with Crippen molar-refractivity contribution in [2.75, 3.05) is 6.61 Å². The molecule has 70 valence electrons. The molecule has 6 heteroatoms. The van der Waals surface area contributed by atoms with E-state index in [1.54, 1.807) is 0 Å². The highest BCUT2D eigenvalue weighted by Crippen LogP contribution is 2.19. The Kier molecular flexibility index (Phi) is 2.53. The van der Waals surface area contributed by atoms with Gasteiger partial charge >= 0.3 is 0 Å². The first kappa shape index (κ1) is 9.27. The fourth-order valence-corrected chi connectivity index (χ4v) is 0.918. The summed E-state index contributed by atoms with van der Waals surface area (Å²) < 4.78 is 4.64. The zero-order valence-electron chi connectivity index (χ0n) is 6.21. The molecule has 0 saturated carbocycles. The number of hydrogen-bond donors (Lipinski definition) is 5. The van der Waals surface area contributed by atoms with Gasteiger partial charge in [0, 0.05) is 0 Å². The number of hydrogen-bond acceptors (Lipinski definition) is 6. The van der Waals surface area contributed by atoms with Gasteiger partial charge < -0.3 is 30.9 Å². The van der Waals surface area contributed by atoms with Crippen LogP contribution in [0, 0.1) is 0 Å². The predicted molar refractivity (Wildman–Crippen MR) is 38.2 cm³/mol. The Morgan fingerprint density at radius 3 is 2.42 bits per heavy atom. The van der Waals surface area contributed by atoms with E-state index in [1.807, 2.05) is 0 Å². The van der Waals surface area contributed by atoms with Gasteiger partial charge in [-0.25, -0.2) is 0 Å². The molecular weight excluding hydrogens is 166 g/mol. The Morgan fingerprint density at radius 2 is 1.92 bits per heavy atom. The summed E-state index contributed by atoms with van der Waals surface area (Å²) in [7, 11) is 0. The predicted octanol–water partition coefficient (Wildman–Crippen LogP) is -1.65. The van der Waals surface area contributed by atoms with Crippen molar-refractivity contribution in [3.8, 4) is 0 Å². The molecule has 0 aromatic heterocycles. The van der Waals surface area contributed by atoms with Gasteiger partial charge in [-0.1, -0.05) is 0 Å². The molecule has 0 aliphatic carbocycles. The quantitative estimate of drug-likeness (QED) is 0.327. The molecule has 0 aromatic rings. The lowest BCUT2D eigenvalue weighted by molar-refractivity contribution is -0.167. The Balaban J connectivity index is 2.87. The molecule has 12 heavy (non-hydrogen) atoms. The van der Waals surface area contributed by atoms with Gasteiger partial charge in [0.15, 0.2) is 17.8 Å². The summed E-state index contributed by atoms with van der Waals surface area (Å²) in [5.41, 5.74) is 5.20. The fraction of sp³-hybridized carbons (Fsp3) is 0.667. The normalized spacial score (nSPS) is 37.1. The second-order valence-corrected chi connectivity index (χ2v) is 2.49. The SMILES string of the molecule is NC1C(O)=C(O)C(CO)O[C@@H]1O. The Bertz CT molecular complexity index is 200. The highest BCUT2D eigenvalue weighted by Gasteiger charge is 2.34. The molecule has 0 spiro atoms. The number of nitrogens with two attached hydrogens (primary N) is 1. The second-order valence-electron chi connectivity index (χ2n) is 2.49. The van der Waals surface area contributed by atoms with Gasteiger partial charge in [0.1, 0.15) is 12.1 Å². The molecule has 0 radical (unpaired) electrons. The van der Waals surface area contributed by atoms with Crippen LogP contribution >= 0.6 is 0 Å². The van der Waals surface area contributed by atoms with Crippen molar-refractivity contribution in [3.05, 3.63) is 11.5 Å². The van der Waals surface area contributed by atoms with E-state index in [-0.39, 0.29) is 0 Å². The average Bonchev–Trinajstić information content (AvgIpc) is 2.08. The number of aliphatic hydroxyl groups is 4. The van der Waals surface area contributed by atoms with Crippen LogP contribution in [0.4, 0.5) is 0 Å². The smallest absolute Gasteiger partial charge is 0.178 e. The maximum atomic E-state index is 9.08. The average molecular weight is 177 g/mol. The molecule has 0 amide bonds. The third kappa shape index (κ3) is 1.37. The molecule has 0 bridgehead atoms. The lowest BCUT2D eigenvalue weighted by Gasteiger charge is -2.29. The largest absolute Gasteiger partial charge is 0.507 e. The zero-order valence-corrected chi connectivity index (χ0v) is 6.21. The molecule has 1 aliphatic rings. The Morgan fingerprint density at radius 1 is 1.33 bits per heavy atom.